The van der Waals surface area contributed by atoms with Crippen LogP contribution in [0, 0.1) is 0 Å². The summed E-state index contributed by atoms with van der Waals surface area (Å²) in [7, 11) is 0. The van der Waals surface area contributed by atoms with Crippen molar-refractivity contribution in [2.45, 2.75) is 57.6 Å². The molecule has 1 unspecified atom stereocenters. The number of hydrogen-bond donors (Lipinski definition) is 2. The zero-order chi connectivity index (χ0) is 14.5. The summed E-state index contributed by atoms with van der Waals surface area (Å²) in [4.78, 5) is 34.6. The van der Waals surface area contributed by atoms with Gasteiger partial charge in [-0.2, -0.15) is 5.10 Å². The summed E-state index contributed by atoms with van der Waals surface area (Å²) in [5, 5.41) is 6.51. The van der Waals surface area contributed by atoms with E-state index < -0.39 is 12.1 Å². The van der Waals surface area contributed by atoms with Crippen molar-refractivity contribution >= 4 is 23.5 Å². The normalized spacial score (nSPS) is 20.9. The Morgan fingerprint density at radius 2 is 2.05 bits per heavy atom. The largest absolute Gasteiger partial charge is 0.448 e. The molecule has 0 saturated heterocycles. The fraction of sp³-hybridized carbons (Fsp3) is 0.692. The molecule has 7 heteroatoms. The summed E-state index contributed by atoms with van der Waals surface area (Å²) in [6, 6.07) is 0.190. The number of nitrogens with zero attached hydrogens (tertiary/aromatic N) is 1. The average Bonchev–Trinajstić information content (AvgIpc) is 2.92. The Hall–Kier alpha value is -1.92. The van der Waals surface area contributed by atoms with Gasteiger partial charge in [-0.15, -0.1) is 0 Å². The van der Waals surface area contributed by atoms with Crippen molar-refractivity contribution in [2.24, 2.45) is 5.10 Å². The first kappa shape index (κ1) is 14.5. The highest BCUT2D eigenvalue weighted by atomic mass is 16.5. The first-order chi connectivity index (χ1) is 9.56. The number of hydrazone groups is 1. The van der Waals surface area contributed by atoms with E-state index in [1.165, 1.54) is 6.92 Å². The lowest BCUT2D eigenvalue weighted by molar-refractivity contribution is -0.149. The van der Waals surface area contributed by atoms with Gasteiger partial charge in [-0.25, -0.2) is 10.2 Å². The quantitative estimate of drug-likeness (QED) is 0.721. The maximum absolute atomic E-state index is 11.9. The van der Waals surface area contributed by atoms with E-state index in [2.05, 4.69) is 15.8 Å². The molecule has 1 atom stereocenters. The Labute approximate surface area is 117 Å². The van der Waals surface area contributed by atoms with E-state index in [4.69, 9.17) is 4.74 Å². The minimum Gasteiger partial charge on any atom is -0.448 e. The highest BCUT2D eigenvalue weighted by Crippen LogP contribution is 2.17. The van der Waals surface area contributed by atoms with Crippen LogP contribution in [0.4, 0.5) is 0 Å². The topological polar surface area (TPSA) is 96.9 Å². The van der Waals surface area contributed by atoms with Crippen molar-refractivity contribution in [3.05, 3.63) is 0 Å². The number of hydrogen-bond acceptors (Lipinski definition) is 5. The lowest BCUT2D eigenvalue weighted by Crippen LogP contribution is -2.42. The van der Waals surface area contributed by atoms with Crippen LogP contribution in [0.3, 0.4) is 0 Å². The molecule has 0 spiro atoms. The predicted molar refractivity (Wildman–Crippen MR) is 70.8 cm³/mol. The molecule has 2 aliphatic rings. The summed E-state index contributed by atoms with van der Waals surface area (Å²) < 4.78 is 5.06. The average molecular weight is 281 g/mol. The van der Waals surface area contributed by atoms with Gasteiger partial charge in [0.25, 0.3) is 5.91 Å². The molecule has 1 aliphatic heterocycles. The number of carbonyl (C=O) groups excluding carboxylic acids is 3. The minimum absolute atomic E-state index is 0.144. The van der Waals surface area contributed by atoms with E-state index in [-0.39, 0.29) is 36.4 Å². The van der Waals surface area contributed by atoms with Crippen LogP contribution >= 0.6 is 0 Å². The third kappa shape index (κ3) is 3.79. The number of nitrogens with one attached hydrogen (secondary N) is 2. The Balaban J connectivity index is 1.80. The summed E-state index contributed by atoms with van der Waals surface area (Å²) in [5.41, 5.74) is 2.37. The van der Waals surface area contributed by atoms with Crippen LogP contribution in [0.2, 0.25) is 0 Å². The van der Waals surface area contributed by atoms with Crippen molar-refractivity contribution in [1.29, 1.82) is 0 Å². The van der Waals surface area contributed by atoms with E-state index in [1.54, 1.807) is 0 Å². The Bertz CT molecular complexity index is 441. The van der Waals surface area contributed by atoms with Crippen LogP contribution in [0.25, 0.3) is 0 Å². The van der Waals surface area contributed by atoms with Gasteiger partial charge in [-0.1, -0.05) is 12.8 Å². The maximum atomic E-state index is 11.9. The molecule has 1 saturated carbocycles. The SMILES string of the molecule is CC(OC(=O)C1=NNC(=O)CC1)C(=O)NC1CCCC1. The van der Waals surface area contributed by atoms with E-state index in [0.717, 1.165) is 25.7 Å². The predicted octanol–water partition coefficient (Wildman–Crippen LogP) is 0.243. The molecular formula is C13H19N3O4. The molecule has 1 heterocycles. The molecular weight excluding hydrogens is 262 g/mol. The summed E-state index contributed by atoms with van der Waals surface area (Å²) in [6.07, 6.45) is 3.78. The first-order valence-corrected chi connectivity index (χ1v) is 6.93. The second-order valence-electron chi connectivity index (χ2n) is 5.13. The van der Waals surface area contributed by atoms with Crippen LogP contribution in [0.5, 0.6) is 0 Å². The minimum atomic E-state index is -0.858. The zero-order valence-electron chi connectivity index (χ0n) is 11.5. The van der Waals surface area contributed by atoms with Gasteiger partial charge < -0.3 is 10.1 Å². The zero-order valence-corrected chi connectivity index (χ0v) is 11.5. The van der Waals surface area contributed by atoms with Crippen LogP contribution in [0.1, 0.15) is 45.4 Å². The third-order valence-electron chi connectivity index (χ3n) is 3.49. The molecule has 0 radical (unpaired) electrons. The van der Waals surface area contributed by atoms with Gasteiger partial charge in [0.2, 0.25) is 5.91 Å². The Kier molecular flexibility index (Phi) is 4.70. The first-order valence-electron chi connectivity index (χ1n) is 6.93. The Morgan fingerprint density at radius 3 is 2.65 bits per heavy atom. The molecule has 0 aromatic carbocycles. The molecule has 2 rings (SSSR count). The van der Waals surface area contributed by atoms with E-state index in [1.807, 2.05) is 0 Å². The monoisotopic (exact) mass is 281 g/mol. The fourth-order valence-corrected chi connectivity index (χ4v) is 2.29. The Morgan fingerprint density at radius 1 is 1.35 bits per heavy atom. The highest BCUT2D eigenvalue weighted by molar-refractivity contribution is 6.37. The summed E-state index contributed by atoms with van der Waals surface area (Å²) in [5.74, 6) is -1.17. The standard InChI is InChI=1S/C13H19N3O4/c1-8(12(18)14-9-4-2-3-5-9)20-13(19)10-6-7-11(17)16-15-10/h8-9H,2-7H2,1H3,(H,14,18)(H,16,17). The van der Waals surface area contributed by atoms with Gasteiger partial charge in [0.15, 0.2) is 6.10 Å². The second kappa shape index (κ2) is 6.49. The lowest BCUT2D eigenvalue weighted by Gasteiger charge is -2.18. The second-order valence-corrected chi connectivity index (χ2v) is 5.13. The van der Waals surface area contributed by atoms with Crippen LogP contribution in [0.15, 0.2) is 5.10 Å². The van der Waals surface area contributed by atoms with Crippen molar-refractivity contribution in [1.82, 2.24) is 10.7 Å². The summed E-state index contributed by atoms with van der Waals surface area (Å²) >= 11 is 0. The molecule has 110 valence electrons. The lowest BCUT2D eigenvalue weighted by atomic mass is 10.2. The van der Waals surface area contributed by atoms with E-state index in [0.29, 0.717) is 0 Å². The molecule has 1 aliphatic carbocycles. The number of amides is 2. The molecule has 2 N–H and O–H groups in total. The van der Waals surface area contributed by atoms with Crippen LogP contribution < -0.4 is 10.7 Å². The van der Waals surface area contributed by atoms with Crippen molar-refractivity contribution in [3.8, 4) is 0 Å². The van der Waals surface area contributed by atoms with Gasteiger partial charge >= 0.3 is 5.97 Å². The molecule has 0 bridgehead atoms. The van der Waals surface area contributed by atoms with Crippen molar-refractivity contribution < 1.29 is 19.1 Å². The number of esters is 1. The van der Waals surface area contributed by atoms with Gasteiger partial charge in [0.1, 0.15) is 5.71 Å². The highest BCUT2D eigenvalue weighted by Gasteiger charge is 2.26. The van der Waals surface area contributed by atoms with Crippen molar-refractivity contribution in [2.75, 3.05) is 0 Å². The molecule has 2 amide bonds. The summed E-state index contributed by atoms with van der Waals surface area (Å²) in [6.45, 7) is 1.53. The van der Waals surface area contributed by atoms with Gasteiger partial charge in [-0.05, 0) is 19.8 Å². The van der Waals surface area contributed by atoms with E-state index in [9.17, 15) is 14.4 Å². The molecule has 7 nitrogen and oxygen atoms in total. The molecule has 20 heavy (non-hydrogen) atoms. The van der Waals surface area contributed by atoms with Crippen LogP contribution in [-0.2, 0) is 19.1 Å². The van der Waals surface area contributed by atoms with Gasteiger partial charge in [-0.3, -0.25) is 9.59 Å². The molecule has 0 aromatic rings. The molecule has 1 fully saturated rings. The molecule has 0 aromatic heterocycles. The fourth-order valence-electron chi connectivity index (χ4n) is 2.29. The number of rotatable bonds is 4. The van der Waals surface area contributed by atoms with E-state index >= 15 is 0 Å². The number of ether oxygens (including phenoxy) is 1. The van der Waals surface area contributed by atoms with Crippen molar-refractivity contribution in [3.63, 3.8) is 0 Å². The number of carbonyl (C=O) groups is 3. The maximum Gasteiger partial charge on any atom is 0.355 e. The third-order valence-corrected chi connectivity index (χ3v) is 3.49. The van der Waals surface area contributed by atoms with Crippen LogP contribution in [-0.4, -0.2) is 35.6 Å². The smallest absolute Gasteiger partial charge is 0.355 e. The van der Waals surface area contributed by atoms with Gasteiger partial charge in [0, 0.05) is 18.9 Å². The van der Waals surface area contributed by atoms with Gasteiger partial charge in [0.05, 0.1) is 0 Å².